The van der Waals surface area contributed by atoms with E-state index in [4.69, 9.17) is 4.74 Å². The highest BCUT2D eigenvalue weighted by Crippen LogP contribution is 2.33. The number of hydrogen-bond donors (Lipinski definition) is 3. The number of aryl methyl sites for hydroxylation is 1. The van der Waals surface area contributed by atoms with Gasteiger partial charge in [-0.2, -0.15) is 0 Å². The third kappa shape index (κ3) is 3.90. The van der Waals surface area contributed by atoms with E-state index in [1.165, 1.54) is 5.56 Å². The molecule has 2 aromatic carbocycles. The van der Waals surface area contributed by atoms with E-state index in [9.17, 15) is 19.7 Å². The molecule has 0 aromatic heterocycles. The van der Waals surface area contributed by atoms with E-state index < -0.39 is 30.8 Å². The van der Waals surface area contributed by atoms with Crippen LogP contribution in [0.15, 0.2) is 48.5 Å². The van der Waals surface area contributed by atoms with Crippen LogP contribution in [0.3, 0.4) is 0 Å². The second kappa shape index (κ2) is 7.62. The minimum Gasteiger partial charge on any atom is -0.387 e. The van der Waals surface area contributed by atoms with Crippen molar-refractivity contribution in [2.24, 2.45) is 0 Å². The molecule has 1 saturated heterocycles. The van der Waals surface area contributed by atoms with Gasteiger partial charge in [0.2, 0.25) is 0 Å². The first kappa shape index (κ1) is 18.0. The monoisotopic (exact) mass is 346 g/mol. The molecule has 2 aromatic rings. The number of benzene rings is 2. The summed E-state index contributed by atoms with van der Waals surface area (Å²) in [6.45, 7) is 2.11. The summed E-state index contributed by atoms with van der Waals surface area (Å²) in [5.41, 5.74) is 4.03. The molecular weight excluding hydrogens is 323 g/mol. The zero-order valence-corrected chi connectivity index (χ0v) is 14.0. The van der Waals surface area contributed by atoms with Crippen molar-refractivity contribution in [2.75, 3.05) is 0 Å². The smallest absolute Gasteiger partial charge is 0.189 e. The summed E-state index contributed by atoms with van der Waals surface area (Å²) in [6, 6.07) is 15.7. The number of ether oxygens (including phenoxy) is 1. The topological polar surface area (TPSA) is 69.9 Å². The molecular formula is C20H23FO4. The van der Waals surface area contributed by atoms with Crippen molar-refractivity contribution < 1.29 is 24.4 Å². The van der Waals surface area contributed by atoms with Crippen LogP contribution in [-0.2, 0) is 17.6 Å². The van der Waals surface area contributed by atoms with Crippen LogP contribution in [-0.4, -0.2) is 40.0 Å². The average molecular weight is 346 g/mol. The Morgan fingerprint density at radius 1 is 0.920 bits per heavy atom. The van der Waals surface area contributed by atoms with Gasteiger partial charge in [-0.1, -0.05) is 55.5 Å². The molecule has 1 aliphatic heterocycles. The van der Waals surface area contributed by atoms with Crippen LogP contribution in [0.1, 0.15) is 35.3 Å². The molecule has 1 unspecified atom stereocenters. The molecule has 3 N–H and O–H groups in total. The fourth-order valence-electron chi connectivity index (χ4n) is 3.13. The zero-order chi connectivity index (χ0) is 18.0. The van der Waals surface area contributed by atoms with E-state index in [-0.39, 0.29) is 0 Å². The van der Waals surface area contributed by atoms with Crippen LogP contribution in [0.4, 0.5) is 4.39 Å². The molecule has 0 radical (unpaired) electrons. The third-order valence-electron chi connectivity index (χ3n) is 4.66. The first-order valence-corrected chi connectivity index (χ1v) is 8.50. The standard InChI is InChI=1S/C20H23FO4/c1-2-12-6-8-13(9-7-12)10-14-4-3-5-15(11-14)19-18(23)17(22)16(21)20(24)25-19/h3-9,11,16-20,22-24H,2,10H2,1H3/t16?,17-,18+,19-,20-/m0/s1. The molecule has 134 valence electrons. The Balaban J connectivity index is 1.78. The second-order valence-corrected chi connectivity index (χ2v) is 6.46. The van der Waals surface area contributed by atoms with Crippen molar-refractivity contribution >= 4 is 0 Å². The van der Waals surface area contributed by atoms with Gasteiger partial charge < -0.3 is 20.1 Å². The minimum atomic E-state index is -2.02. The van der Waals surface area contributed by atoms with Crippen molar-refractivity contribution in [2.45, 2.75) is 50.5 Å². The molecule has 1 aliphatic rings. The molecule has 0 spiro atoms. The maximum Gasteiger partial charge on any atom is 0.189 e. The Kier molecular flexibility index (Phi) is 5.49. The number of aliphatic hydroxyl groups excluding tert-OH is 3. The zero-order valence-electron chi connectivity index (χ0n) is 14.0. The van der Waals surface area contributed by atoms with Crippen LogP contribution in [0.2, 0.25) is 0 Å². The van der Waals surface area contributed by atoms with Gasteiger partial charge in [0.25, 0.3) is 0 Å². The Bertz CT molecular complexity index is 703. The summed E-state index contributed by atoms with van der Waals surface area (Å²) in [4.78, 5) is 0. The lowest BCUT2D eigenvalue weighted by Gasteiger charge is -2.37. The quantitative estimate of drug-likeness (QED) is 0.794. The van der Waals surface area contributed by atoms with E-state index in [2.05, 4.69) is 31.2 Å². The molecule has 1 fully saturated rings. The van der Waals surface area contributed by atoms with Gasteiger partial charge in [-0.3, -0.25) is 0 Å². The number of rotatable bonds is 4. The van der Waals surface area contributed by atoms with Gasteiger partial charge >= 0.3 is 0 Å². The SMILES string of the molecule is CCc1ccc(Cc2cccc([C@@H]3O[C@H](O)C(F)[C@H](O)[C@H]3O)c2)cc1. The predicted octanol–water partition coefficient (Wildman–Crippen LogP) is 2.29. The Labute approximate surface area is 146 Å². The lowest BCUT2D eigenvalue weighted by molar-refractivity contribution is -0.268. The van der Waals surface area contributed by atoms with Crippen molar-refractivity contribution in [3.05, 3.63) is 70.8 Å². The lowest BCUT2D eigenvalue weighted by Crippen LogP contribution is -2.52. The fraction of sp³-hybridized carbons (Fsp3) is 0.400. The van der Waals surface area contributed by atoms with Crippen LogP contribution in [0.5, 0.6) is 0 Å². The Morgan fingerprint density at radius 3 is 2.28 bits per heavy atom. The minimum absolute atomic E-state index is 0.597. The molecule has 1 heterocycles. The normalized spacial score (nSPS) is 29.6. The van der Waals surface area contributed by atoms with E-state index in [0.29, 0.717) is 12.0 Å². The summed E-state index contributed by atoms with van der Waals surface area (Å²) in [7, 11) is 0. The largest absolute Gasteiger partial charge is 0.387 e. The second-order valence-electron chi connectivity index (χ2n) is 6.46. The van der Waals surface area contributed by atoms with Crippen LogP contribution in [0.25, 0.3) is 0 Å². The molecule has 0 saturated carbocycles. The summed E-state index contributed by atoms with van der Waals surface area (Å²) in [5.74, 6) is 0. The van der Waals surface area contributed by atoms with E-state index >= 15 is 0 Å². The molecule has 5 atom stereocenters. The van der Waals surface area contributed by atoms with Crippen molar-refractivity contribution in [1.82, 2.24) is 0 Å². The van der Waals surface area contributed by atoms with Gasteiger partial charge in [-0.15, -0.1) is 0 Å². The van der Waals surface area contributed by atoms with E-state index in [0.717, 1.165) is 17.5 Å². The first-order valence-electron chi connectivity index (χ1n) is 8.50. The van der Waals surface area contributed by atoms with Gasteiger partial charge in [-0.25, -0.2) is 4.39 Å². The summed E-state index contributed by atoms with van der Waals surface area (Å²) in [5, 5.41) is 29.4. The van der Waals surface area contributed by atoms with Crippen LogP contribution >= 0.6 is 0 Å². The number of hydrogen-bond acceptors (Lipinski definition) is 4. The van der Waals surface area contributed by atoms with Crippen molar-refractivity contribution in [3.63, 3.8) is 0 Å². The van der Waals surface area contributed by atoms with Crippen LogP contribution in [0, 0.1) is 0 Å². The summed E-state index contributed by atoms with van der Waals surface area (Å²) >= 11 is 0. The van der Waals surface area contributed by atoms with Crippen molar-refractivity contribution in [1.29, 1.82) is 0 Å². The number of halogens is 1. The predicted molar refractivity (Wildman–Crippen MR) is 91.8 cm³/mol. The van der Waals surface area contributed by atoms with Gasteiger partial charge in [0.15, 0.2) is 12.5 Å². The van der Waals surface area contributed by atoms with Crippen LogP contribution < -0.4 is 0 Å². The maximum atomic E-state index is 13.6. The molecule has 3 rings (SSSR count). The highest BCUT2D eigenvalue weighted by molar-refractivity contribution is 5.32. The van der Waals surface area contributed by atoms with Gasteiger partial charge in [0.05, 0.1) is 0 Å². The fourth-order valence-corrected chi connectivity index (χ4v) is 3.13. The van der Waals surface area contributed by atoms with Crippen molar-refractivity contribution in [3.8, 4) is 0 Å². The van der Waals surface area contributed by atoms with E-state index in [1.54, 1.807) is 6.07 Å². The lowest BCUT2D eigenvalue weighted by atomic mass is 9.92. The molecule has 4 nitrogen and oxygen atoms in total. The maximum absolute atomic E-state index is 13.6. The molecule has 5 heteroatoms. The van der Waals surface area contributed by atoms with Gasteiger partial charge in [0, 0.05) is 0 Å². The number of alkyl halides is 1. The molecule has 0 amide bonds. The highest BCUT2D eigenvalue weighted by Gasteiger charge is 2.44. The third-order valence-corrected chi connectivity index (χ3v) is 4.66. The highest BCUT2D eigenvalue weighted by atomic mass is 19.1. The number of aliphatic hydroxyl groups is 3. The molecule has 25 heavy (non-hydrogen) atoms. The molecule has 0 bridgehead atoms. The average Bonchev–Trinajstić information content (AvgIpc) is 2.64. The first-order chi connectivity index (χ1) is 12.0. The van der Waals surface area contributed by atoms with Gasteiger partial charge in [0.1, 0.15) is 18.3 Å². The van der Waals surface area contributed by atoms with Gasteiger partial charge in [-0.05, 0) is 35.1 Å². The Morgan fingerprint density at radius 2 is 1.60 bits per heavy atom. The summed E-state index contributed by atoms with van der Waals surface area (Å²) < 4.78 is 18.7. The summed E-state index contributed by atoms with van der Waals surface area (Å²) in [6.07, 6.45) is -6.17. The van der Waals surface area contributed by atoms with E-state index in [1.807, 2.05) is 18.2 Å². The molecule has 0 aliphatic carbocycles. The Hall–Kier alpha value is -1.79.